The van der Waals surface area contributed by atoms with E-state index in [1.54, 1.807) is 0 Å². The fourth-order valence-corrected chi connectivity index (χ4v) is 16.3. The van der Waals surface area contributed by atoms with E-state index in [0.29, 0.717) is 5.41 Å². The summed E-state index contributed by atoms with van der Waals surface area (Å²) in [5.74, 6) is 4.28. The first kappa shape index (κ1) is 29.9. The Bertz CT molecular complexity index is 686. The van der Waals surface area contributed by atoms with Crippen LogP contribution < -0.4 is 0 Å². The van der Waals surface area contributed by atoms with Gasteiger partial charge in [0.05, 0.1) is 6.10 Å². The van der Waals surface area contributed by atoms with Gasteiger partial charge in [0.25, 0.3) is 0 Å². The summed E-state index contributed by atoms with van der Waals surface area (Å²) >= 11 is 0. The zero-order chi connectivity index (χ0) is 26.4. The highest BCUT2D eigenvalue weighted by Crippen LogP contribution is 2.67. The molecule has 0 radical (unpaired) electrons. The van der Waals surface area contributed by atoms with Gasteiger partial charge in [-0.2, -0.15) is 0 Å². The van der Waals surface area contributed by atoms with Crippen LogP contribution >= 0.6 is 0 Å². The molecule has 0 heterocycles. The predicted octanol–water partition coefficient (Wildman–Crippen LogP) is 9.65. The molecule has 0 unspecified atom stereocenters. The number of aliphatic hydroxyl groups is 1. The first-order valence-corrected chi connectivity index (χ1v) is 21.5. The van der Waals surface area contributed by atoms with E-state index in [1.165, 1.54) is 57.8 Å². The Morgan fingerprint density at radius 2 is 1.43 bits per heavy atom. The van der Waals surface area contributed by atoms with Gasteiger partial charge in [-0.15, -0.1) is 0 Å². The van der Waals surface area contributed by atoms with E-state index in [9.17, 15) is 5.11 Å². The Labute approximate surface area is 222 Å². The van der Waals surface area contributed by atoms with Crippen molar-refractivity contribution in [2.45, 2.75) is 156 Å². The third-order valence-corrected chi connectivity index (χ3v) is 22.4. The maximum atomic E-state index is 11.2. The van der Waals surface area contributed by atoms with Gasteiger partial charge in [-0.3, -0.25) is 0 Å². The minimum absolute atomic E-state index is 0.0382. The molecule has 2 nitrogen and oxygen atoms in total. The van der Waals surface area contributed by atoms with Crippen LogP contribution in [0.4, 0.5) is 0 Å². The van der Waals surface area contributed by atoms with Crippen molar-refractivity contribution in [3.63, 3.8) is 0 Å². The van der Waals surface area contributed by atoms with Gasteiger partial charge in [0.1, 0.15) is 0 Å². The zero-order valence-corrected chi connectivity index (χ0v) is 27.5. The quantitative estimate of drug-likeness (QED) is 0.364. The highest BCUT2D eigenvalue weighted by molar-refractivity contribution is 6.86. The van der Waals surface area contributed by atoms with Crippen LogP contribution in [0.2, 0.25) is 37.3 Å². The molecule has 0 saturated heterocycles. The SMILES string of the molecule is CC(C)[Si](C)(C)O[Si](C)(C)C(C)C.CC[C@H]1CC[C@H]2[C@@H]3CC[C@H]4CCCC[C@]4(C)[C@H]3C[C@H](O)[C@]12C. The lowest BCUT2D eigenvalue weighted by atomic mass is 9.44. The van der Waals surface area contributed by atoms with Crippen molar-refractivity contribution in [2.75, 3.05) is 0 Å². The molecule has 1 N–H and O–H groups in total. The lowest BCUT2D eigenvalue weighted by Gasteiger charge is -2.61. The maximum absolute atomic E-state index is 11.2. The summed E-state index contributed by atoms with van der Waals surface area (Å²) < 4.78 is 6.43. The van der Waals surface area contributed by atoms with Crippen LogP contribution in [0.3, 0.4) is 0 Å². The summed E-state index contributed by atoms with van der Waals surface area (Å²) in [4.78, 5) is 0. The van der Waals surface area contributed by atoms with E-state index in [2.05, 4.69) is 74.7 Å². The molecule has 35 heavy (non-hydrogen) atoms. The van der Waals surface area contributed by atoms with Gasteiger partial charge in [0.15, 0.2) is 16.6 Å². The summed E-state index contributed by atoms with van der Waals surface area (Å²) in [6.07, 6.45) is 13.9. The molecule has 4 rings (SSSR count). The summed E-state index contributed by atoms with van der Waals surface area (Å²) in [5, 5.41) is 11.2. The van der Waals surface area contributed by atoms with Gasteiger partial charge in [-0.25, -0.2) is 0 Å². The molecule has 4 saturated carbocycles. The molecule has 4 fully saturated rings. The van der Waals surface area contributed by atoms with E-state index < -0.39 is 16.6 Å². The second kappa shape index (κ2) is 10.8. The minimum Gasteiger partial charge on any atom is -0.455 e. The van der Waals surface area contributed by atoms with Crippen molar-refractivity contribution in [2.24, 2.45) is 40.4 Å². The van der Waals surface area contributed by atoms with Crippen LogP contribution in [0.5, 0.6) is 0 Å². The average molecular weight is 523 g/mol. The van der Waals surface area contributed by atoms with Crippen molar-refractivity contribution in [1.29, 1.82) is 0 Å². The monoisotopic (exact) mass is 522 g/mol. The molecule has 0 amide bonds. The van der Waals surface area contributed by atoms with E-state index in [1.807, 2.05) is 0 Å². The van der Waals surface area contributed by atoms with E-state index >= 15 is 0 Å². The van der Waals surface area contributed by atoms with Crippen molar-refractivity contribution in [3.05, 3.63) is 0 Å². The second-order valence-corrected chi connectivity index (χ2v) is 24.9. The summed E-state index contributed by atoms with van der Waals surface area (Å²) in [6, 6.07) is 0. The lowest BCUT2D eigenvalue weighted by molar-refractivity contribution is -0.163. The molecule has 4 aliphatic carbocycles. The minimum atomic E-state index is -1.42. The highest BCUT2D eigenvalue weighted by atomic mass is 28.4. The normalized spacial score (nSPS) is 41.7. The zero-order valence-electron chi connectivity index (χ0n) is 25.5. The number of hydrogen-bond donors (Lipinski definition) is 1. The van der Waals surface area contributed by atoms with Crippen LogP contribution in [-0.2, 0) is 4.12 Å². The van der Waals surface area contributed by atoms with E-state index in [4.69, 9.17) is 4.12 Å². The van der Waals surface area contributed by atoms with E-state index in [0.717, 1.165) is 47.1 Å². The average Bonchev–Trinajstić information content (AvgIpc) is 3.11. The van der Waals surface area contributed by atoms with Crippen molar-refractivity contribution < 1.29 is 9.22 Å². The number of rotatable bonds is 5. The Morgan fingerprint density at radius 3 is 1.97 bits per heavy atom. The third-order valence-electron chi connectivity index (χ3n) is 12.7. The first-order valence-electron chi connectivity index (χ1n) is 15.5. The fourth-order valence-electron chi connectivity index (χ4n) is 8.95. The van der Waals surface area contributed by atoms with Gasteiger partial charge < -0.3 is 9.22 Å². The largest absolute Gasteiger partial charge is 0.455 e. The number of fused-ring (bicyclic) bond motifs is 5. The van der Waals surface area contributed by atoms with Gasteiger partial charge in [0.2, 0.25) is 0 Å². The molecule has 0 aromatic rings. The third kappa shape index (κ3) is 5.57. The first-order chi connectivity index (χ1) is 16.1. The Kier molecular flexibility index (Phi) is 9.27. The topological polar surface area (TPSA) is 29.5 Å². The summed E-state index contributed by atoms with van der Waals surface area (Å²) in [6.45, 7) is 25.9. The Morgan fingerprint density at radius 1 is 0.829 bits per heavy atom. The van der Waals surface area contributed by atoms with Crippen LogP contribution in [0, 0.1) is 40.4 Å². The standard InChI is InChI=1S/C21H36O.C10H26OSi2/c1-4-14-9-11-17-16-10-8-15-7-5-6-12-20(15,2)18(16)13-19(22)21(14,17)3;1-9(2)12(5,6)11-13(7,8)10(3)4/h14-19,22H,4-13H2,1-3H3;9-10H,1-8H3/t14-,15+,16-,17-,18-,19-,20-,21+;/m0./s1. The molecule has 0 aliphatic heterocycles. The van der Waals surface area contributed by atoms with Gasteiger partial charge in [0, 0.05) is 0 Å². The maximum Gasteiger partial charge on any atom is 0.176 e. The van der Waals surface area contributed by atoms with Crippen LogP contribution in [0.25, 0.3) is 0 Å². The molecule has 0 aromatic carbocycles. The van der Waals surface area contributed by atoms with Gasteiger partial charge in [-0.1, -0.05) is 67.7 Å². The van der Waals surface area contributed by atoms with Crippen molar-refractivity contribution in [1.82, 2.24) is 0 Å². The van der Waals surface area contributed by atoms with Crippen molar-refractivity contribution in [3.8, 4) is 0 Å². The smallest absolute Gasteiger partial charge is 0.176 e. The Balaban J connectivity index is 0.000000228. The molecule has 8 atom stereocenters. The number of aliphatic hydroxyl groups excluding tert-OH is 1. The van der Waals surface area contributed by atoms with Crippen LogP contribution in [-0.4, -0.2) is 27.8 Å². The molecule has 4 heteroatoms. The molecule has 4 aliphatic rings. The number of hydrogen-bond acceptors (Lipinski definition) is 2. The van der Waals surface area contributed by atoms with Gasteiger partial charge in [-0.05, 0) is 123 Å². The van der Waals surface area contributed by atoms with Crippen LogP contribution in [0.15, 0.2) is 0 Å². The molecule has 0 spiro atoms. The fraction of sp³-hybridized carbons (Fsp3) is 1.00. The highest BCUT2D eigenvalue weighted by Gasteiger charge is 2.62. The molecule has 0 aromatic heterocycles. The second-order valence-electron chi connectivity index (χ2n) is 15.3. The van der Waals surface area contributed by atoms with Gasteiger partial charge >= 0.3 is 0 Å². The summed E-state index contributed by atoms with van der Waals surface area (Å²) in [5.41, 5.74) is 2.22. The molecule has 206 valence electrons. The summed E-state index contributed by atoms with van der Waals surface area (Å²) in [7, 11) is -2.83. The van der Waals surface area contributed by atoms with E-state index in [-0.39, 0.29) is 11.5 Å². The molecular formula is C31H62O2Si2. The Hall–Kier alpha value is 0.354. The van der Waals surface area contributed by atoms with Crippen LogP contribution in [0.1, 0.15) is 113 Å². The molecule has 0 bridgehead atoms. The molecular weight excluding hydrogens is 461 g/mol. The predicted molar refractivity (Wildman–Crippen MR) is 158 cm³/mol. The van der Waals surface area contributed by atoms with Crippen molar-refractivity contribution >= 4 is 16.6 Å². The lowest BCUT2D eigenvalue weighted by Crippen LogP contribution is -2.57.